The highest BCUT2D eigenvalue weighted by molar-refractivity contribution is 5.95. The minimum atomic E-state index is -0.550. The van der Waals surface area contributed by atoms with Crippen molar-refractivity contribution >= 4 is 11.6 Å². The number of rotatable bonds is 7. The number of nitrogens with zero attached hydrogens (tertiary/aromatic N) is 2. The van der Waals surface area contributed by atoms with Crippen LogP contribution in [0.1, 0.15) is 62.7 Å². The highest BCUT2D eigenvalue weighted by Crippen LogP contribution is 2.41. The molecule has 6 heteroatoms. The molecule has 1 N–H and O–H groups in total. The maximum atomic E-state index is 13.2. The van der Waals surface area contributed by atoms with E-state index < -0.39 is 11.0 Å². The molecule has 0 aromatic heterocycles. The van der Waals surface area contributed by atoms with Gasteiger partial charge in [-0.25, -0.2) is 0 Å². The molecule has 2 aliphatic rings. The number of non-ortho nitro benzene ring substituents is 1. The maximum Gasteiger partial charge on any atom is 0.269 e. The van der Waals surface area contributed by atoms with E-state index >= 15 is 0 Å². The molecule has 1 saturated heterocycles. The van der Waals surface area contributed by atoms with Crippen LogP contribution in [0, 0.1) is 22.0 Å². The molecule has 0 unspecified atom stereocenters. The number of hydrogen-bond acceptors (Lipinski definition) is 4. The zero-order chi connectivity index (χ0) is 20.3. The number of allylic oxidation sites excluding steroid dienone is 1. The van der Waals surface area contributed by atoms with Gasteiger partial charge in [0.05, 0.1) is 17.1 Å². The summed E-state index contributed by atoms with van der Waals surface area (Å²) in [7, 11) is 0. The van der Waals surface area contributed by atoms with Gasteiger partial charge in [0.2, 0.25) is 0 Å². The summed E-state index contributed by atoms with van der Waals surface area (Å²) in [5.41, 5.74) is 1.74. The lowest BCUT2D eigenvalue weighted by atomic mass is 9.78. The zero-order valence-electron chi connectivity index (χ0n) is 16.7. The third-order valence-corrected chi connectivity index (χ3v) is 6.20. The molecule has 6 nitrogen and oxygen atoms in total. The molecule has 1 aromatic carbocycles. The Morgan fingerprint density at radius 1 is 1.32 bits per heavy atom. The number of unbranched alkanes of at least 4 members (excludes halogenated alkanes) is 2. The van der Waals surface area contributed by atoms with Gasteiger partial charge in [-0.05, 0) is 44.2 Å². The van der Waals surface area contributed by atoms with Crippen LogP contribution in [0.3, 0.4) is 0 Å². The van der Waals surface area contributed by atoms with Gasteiger partial charge in [0, 0.05) is 30.2 Å². The molecule has 0 radical (unpaired) electrons. The van der Waals surface area contributed by atoms with Crippen molar-refractivity contribution in [3.05, 3.63) is 51.6 Å². The fraction of sp³-hybridized carbons (Fsp3) is 0.591. The first-order valence-electron chi connectivity index (χ1n) is 10.3. The molecule has 1 aliphatic carbocycles. The number of amides is 1. The monoisotopic (exact) mass is 386 g/mol. The number of aliphatic hydroxyl groups is 1. The SMILES string of the molecule is CCCCC[C@H](O)[C@H]1[C@@H]2C=C(C)CC[C@@H]2CN1C(=O)c1ccc([N+](=O)[O-])cc1. The van der Waals surface area contributed by atoms with Gasteiger partial charge in [-0.15, -0.1) is 0 Å². The standard InChI is InChI=1S/C22H30N2O4/c1-3-4-5-6-20(25)21-19-13-15(2)7-8-17(19)14-23(21)22(26)16-9-11-18(12-10-16)24(27)28/h9-13,17,19-21,25H,3-8,14H2,1-2H3/t17-,19-,20+,21-/m1/s1. The quantitative estimate of drug-likeness (QED) is 0.327. The van der Waals surface area contributed by atoms with E-state index in [2.05, 4.69) is 19.9 Å². The van der Waals surface area contributed by atoms with Gasteiger partial charge in [-0.2, -0.15) is 0 Å². The molecule has 0 saturated carbocycles. The van der Waals surface area contributed by atoms with Crippen LogP contribution in [0.2, 0.25) is 0 Å². The Balaban J connectivity index is 1.84. The maximum absolute atomic E-state index is 13.2. The fourth-order valence-corrected chi connectivity index (χ4v) is 4.67. The molecule has 1 heterocycles. The smallest absolute Gasteiger partial charge is 0.269 e. The number of benzene rings is 1. The number of nitro groups is 1. The van der Waals surface area contributed by atoms with Crippen LogP contribution >= 0.6 is 0 Å². The predicted molar refractivity (Wildman–Crippen MR) is 108 cm³/mol. The number of likely N-dealkylation sites (tertiary alicyclic amines) is 1. The van der Waals surface area contributed by atoms with E-state index in [0.29, 0.717) is 24.4 Å². The van der Waals surface area contributed by atoms with E-state index in [4.69, 9.17) is 0 Å². The van der Waals surface area contributed by atoms with E-state index in [1.54, 1.807) is 0 Å². The van der Waals surface area contributed by atoms with Gasteiger partial charge in [0.15, 0.2) is 0 Å². The average molecular weight is 386 g/mol. The number of carbonyl (C=O) groups is 1. The molecule has 1 amide bonds. The highest BCUT2D eigenvalue weighted by atomic mass is 16.6. The van der Waals surface area contributed by atoms with E-state index in [-0.39, 0.29) is 23.6 Å². The Hall–Kier alpha value is -2.21. The summed E-state index contributed by atoms with van der Waals surface area (Å²) in [4.78, 5) is 25.5. The Bertz CT molecular complexity index is 743. The average Bonchev–Trinajstić information content (AvgIpc) is 3.06. The van der Waals surface area contributed by atoms with Crippen LogP contribution in [-0.2, 0) is 0 Å². The van der Waals surface area contributed by atoms with Crippen LogP contribution in [0.25, 0.3) is 0 Å². The molecule has 1 aromatic rings. The highest BCUT2D eigenvalue weighted by Gasteiger charge is 2.46. The van der Waals surface area contributed by atoms with Gasteiger partial charge in [0.25, 0.3) is 11.6 Å². The first-order chi connectivity index (χ1) is 13.4. The number of carbonyl (C=O) groups excluding carboxylic acids is 1. The molecular weight excluding hydrogens is 356 g/mol. The molecule has 1 fully saturated rings. The largest absolute Gasteiger partial charge is 0.391 e. The number of aliphatic hydroxyl groups excluding tert-OH is 1. The van der Waals surface area contributed by atoms with Gasteiger partial charge < -0.3 is 10.0 Å². The lowest BCUT2D eigenvalue weighted by Crippen LogP contribution is -2.45. The summed E-state index contributed by atoms with van der Waals surface area (Å²) >= 11 is 0. The Labute approximate surface area is 166 Å². The molecular formula is C22H30N2O4. The molecule has 28 heavy (non-hydrogen) atoms. The van der Waals surface area contributed by atoms with Crippen molar-refractivity contribution < 1.29 is 14.8 Å². The van der Waals surface area contributed by atoms with E-state index in [1.807, 2.05) is 4.90 Å². The number of nitro benzene ring substituents is 1. The van der Waals surface area contributed by atoms with Crippen molar-refractivity contribution in [2.24, 2.45) is 11.8 Å². The van der Waals surface area contributed by atoms with Gasteiger partial charge in [0.1, 0.15) is 0 Å². The van der Waals surface area contributed by atoms with Crippen molar-refractivity contribution in [1.29, 1.82) is 0 Å². The number of fused-ring (bicyclic) bond motifs is 1. The summed E-state index contributed by atoms with van der Waals surface area (Å²) < 4.78 is 0. The second kappa shape index (κ2) is 8.86. The fourth-order valence-electron chi connectivity index (χ4n) is 4.67. The van der Waals surface area contributed by atoms with Crippen LogP contribution in [0.15, 0.2) is 35.9 Å². The topological polar surface area (TPSA) is 83.7 Å². The predicted octanol–water partition coefficient (Wildman–Crippen LogP) is 4.33. The Kier molecular flexibility index (Phi) is 6.50. The molecule has 0 bridgehead atoms. The minimum Gasteiger partial charge on any atom is -0.391 e. The first-order valence-corrected chi connectivity index (χ1v) is 10.3. The first kappa shape index (κ1) is 20.5. The van der Waals surface area contributed by atoms with Crippen LogP contribution in [-0.4, -0.2) is 39.5 Å². The van der Waals surface area contributed by atoms with Crippen molar-refractivity contribution in [1.82, 2.24) is 4.90 Å². The van der Waals surface area contributed by atoms with Crippen LogP contribution in [0.5, 0.6) is 0 Å². The molecule has 152 valence electrons. The van der Waals surface area contributed by atoms with E-state index in [1.165, 1.54) is 29.8 Å². The van der Waals surface area contributed by atoms with Crippen molar-refractivity contribution in [2.75, 3.05) is 6.54 Å². The minimum absolute atomic E-state index is 0.0265. The summed E-state index contributed by atoms with van der Waals surface area (Å²) in [6.07, 6.45) is 7.59. The van der Waals surface area contributed by atoms with E-state index in [0.717, 1.165) is 32.1 Å². The second-order valence-electron chi connectivity index (χ2n) is 8.20. The lowest BCUT2D eigenvalue weighted by molar-refractivity contribution is -0.384. The normalized spacial score (nSPS) is 25.2. The van der Waals surface area contributed by atoms with Crippen molar-refractivity contribution in [3.8, 4) is 0 Å². The van der Waals surface area contributed by atoms with Crippen LogP contribution in [0.4, 0.5) is 5.69 Å². The third-order valence-electron chi connectivity index (χ3n) is 6.20. The lowest BCUT2D eigenvalue weighted by Gasteiger charge is -2.33. The Morgan fingerprint density at radius 2 is 2.04 bits per heavy atom. The van der Waals surface area contributed by atoms with Gasteiger partial charge in [-0.1, -0.05) is 37.8 Å². The third kappa shape index (κ3) is 4.27. The summed E-state index contributed by atoms with van der Waals surface area (Å²) in [5.74, 6) is 0.416. The molecule has 1 aliphatic heterocycles. The second-order valence-corrected chi connectivity index (χ2v) is 8.20. The summed E-state index contributed by atoms with van der Waals surface area (Å²) in [6, 6.07) is 5.55. The zero-order valence-corrected chi connectivity index (χ0v) is 16.7. The van der Waals surface area contributed by atoms with Crippen molar-refractivity contribution in [2.45, 2.75) is 64.5 Å². The van der Waals surface area contributed by atoms with Gasteiger partial charge >= 0.3 is 0 Å². The Morgan fingerprint density at radius 3 is 2.68 bits per heavy atom. The molecule has 3 rings (SSSR count). The van der Waals surface area contributed by atoms with Crippen LogP contribution < -0.4 is 0 Å². The summed E-state index contributed by atoms with van der Waals surface area (Å²) in [6.45, 7) is 4.90. The summed E-state index contributed by atoms with van der Waals surface area (Å²) in [5, 5.41) is 21.8. The van der Waals surface area contributed by atoms with E-state index in [9.17, 15) is 20.0 Å². The number of hydrogen-bond donors (Lipinski definition) is 1. The molecule has 0 spiro atoms. The molecule has 4 atom stereocenters. The van der Waals surface area contributed by atoms with Gasteiger partial charge in [-0.3, -0.25) is 14.9 Å². The van der Waals surface area contributed by atoms with Crippen molar-refractivity contribution in [3.63, 3.8) is 0 Å².